The van der Waals surface area contributed by atoms with Crippen LogP contribution in [0.3, 0.4) is 0 Å². The Morgan fingerprint density at radius 1 is 1.58 bits per heavy atom. The van der Waals surface area contributed by atoms with Crippen LogP contribution in [0.1, 0.15) is 0 Å². The Balaban J connectivity index is 0.00000121. The maximum Gasteiger partial charge on any atom is 0.145 e. The fourth-order valence-electron chi connectivity index (χ4n) is 0.569. The molecular formula is C6H13ClN2O3. The number of oxime groups is 1. The van der Waals surface area contributed by atoms with Gasteiger partial charge >= 0.3 is 0 Å². The summed E-state index contributed by atoms with van der Waals surface area (Å²) in [5.41, 5.74) is 0.940. The van der Waals surface area contributed by atoms with Gasteiger partial charge in [0.1, 0.15) is 12.7 Å². The normalized spacial score (nSPS) is 17.3. The van der Waals surface area contributed by atoms with E-state index >= 15 is 0 Å². The van der Waals surface area contributed by atoms with Gasteiger partial charge in [0.25, 0.3) is 0 Å². The standard InChI is InChI=1S/C6H12N2O3.ClH/c9-3-6(10)4-11-8-5-1-7-2-5;/h6-7,9-10H,1-4H2;1H. The van der Waals surface area contributed by atoms with Crippen molar-refractivity contribution in [1.29, 1.82) is 0 Å². The van der Waals surface area contributed by atoms with E-state index in [1.807, 2.05) is 0 Å². The summed E-state index contributed by atoms with van der Waals surface area (Å²) in [6.07, 6.45) is -0.826. The Kier molecular flexibility index (Phi) is 6.00. The van der Waals surface area contributed by atoms with Crippen molar-refractivity contribution in [2.24, 2.45) is 5.16 Å². The molecule has 0 amide bonds. The number of hydrogen-bond acceptors (Lipinski definition) is 5. The first-order valence-corrected chi connectivity index (χ1v) is 3.50. The van der Waals surface area contributed by atoms with Gasteiger partial charge in [-0.05, 0) is 0 Å². The molecule has 72 valence electrons. The summed E-state index contributed by atoms with van der Waals surface area (Å²) in [7, 11) is 0. The SMILES string of the molecule is Cl.OCC(O)CON=C1CNC1. The summed E-state index contributed by atoms with van der Waals surface area (Å²) in [4.78, 5) is 4.73. The van der Waals surface area contributed by atoms with Crippen LogP contribution in [0.4, 0.5) is 0 Å². The minimum Gasteiger partial charge on any atom is -0.394 e. The Morgan fingerprint density at radius 3 is 2.67 bits per heavy atom. The molecule has 0 spiro atoms. The molecule has 0 saturated carbocycles. The Morgan fingerprint density at radius 2 is 2.25 bits per heavy atom. The number of aliphatic hydroxyl groups excluding tert-OH is 2. The van der Waals surface area contributed by atoms with Gasteiger partial charge in [-0.2, -0.15) is 0 Å². The van der Waals surface area contributed by atoms with Crippen molar-refractivity contribution in [3.63, 3.8) is 0 Å². The fourth-order valence-corrected chi connectivity index (χ4v) is 0.569. The van der Waals surface area contributed by atoms with Crippen LogP contribution in [0.15, 0.2) is 5.16 Å². The van der Waals surface area contributed by atoms with Gasteiger partial charge in [-0.15, -0.1) is 12.4 Å². The second kappa shape index (κ2) is 6.19. The maximum atomic E-state index is 8.80. The third kappa shape index (κ3) is 3.87. The van der Waals surface area contributed by atoms with Crippen molar-refractivity contribution in [3.8, 4) is 0 Å². The summed E-state index contributed by atoms with van der Waals surface area (Å²) in [5, 5.41) is 23.9. The maximum absolute atomic E-state index is 8.80. The highest BCUT2D eigenvalue weighted by Crippen LogP contribution is 1.90. The summed E-state index contributed by atoms with van der Waals surface area (Å²) < 4.78 is 0. The largest absolute Gasteiger partial charge is 0.394 e. The van der Waals surface area contributed by atoms with Gasteiger partial charge in [-0.1, -0.05) is 5.16 Å². The van der Waals surface area contributed by atoms with E-state index in [1.165, 1.54) is 0 Å². The van der Waals surface area contributed by atoms with Crippen molar-refractivity contribution in [2.45, 2.75) is 6.10 Å². The van der Waals surface area contributed by atoms with E-state index in [-0.39, 0.29) is 25.6 Å². The molecular weight excluding hydrogens is 184 g/mol. The van der Waals surface area contributed by atoms with Gasteiger partial charge in [0.15, 0.2) is 0 Å². The van der Waals surface area contributed by atoms with Crippen LogP contribution in [0.2, 0.25) is 0 Å². The van der Waals surface area contributed by atoms with Gasteiger partial charge in [0, 0.05) is 13.1 Å². The molecule has 1 atom stereocenters. The quantitative estimate of drug-likeness (QED) is 0.491. The zero-order chi connectivity index (χ0) is 8.10. The average molecular weight is 197 g/mol. The van der Waals surface area contributed by atoms with Crippen molar-refractivity contribution < 1.29 is 15.1 Å². The summed E-state index contributed by atoms with van der Waals surface area (Å²) in [6.45, 7) is 1.29. The summed E-state index contributed by atoms with van der Waals surface area (Å²) in [5.74, 6) is 0. The molecule has 1 aliphatic rings. The van der Waals surface area contributed by atoms with Gasteiger partial charge in [-0.3, -0.25) is 0 Å². The first kappa shape index (κ1) is 11.6. The first-order chi connectivity index (χ1) is 5.33. The second-order valence-electron chi connectivity index (χ2n) is 2.39. The molecule has 5 nitrogen and oxygen atoms in total. The molecule has 0 aromatic rings. The molecule has 1 unspecified atom stereocenters. The lowest BCUT2D eigenvalue weighted by Gasteiger charge is -2.16. The van der Waals surface area contributed by atoms with Crippen LogP contribution >= 0.6 is 12.4 Å². The third-order valence-corrected chi connectivity index (χ3v) is 1.33. The van der Waals surface area contributed by atoms with E-state index in [0.717, 1.165) is 18.8 Å². The molecule has 0 aromatic heterocycles. The van der Waals surface area contributed by atoms with Crippen LogP contribution in [0.25, 0.3) is 0 Å². The van der Waals surface area contributed by atoms with Crippen molar-refractivity contribution >= 4 is 18.1 Å². The molecule has 6 heteroatoms. The lowest BCUT2D eigenvalue weighted by molar-refractivity contribution is 0.00777. The molecule has 1 fully saturated rings. The molecule has 3 N–H and O–H groups in total. The second-order valence-corrected chi connectivity index (χ2v) is 2.39. The Bertz CT molecular complexity index is 148. The number of aliphatic hydroxyl groups is 2. The van der Waals surface area contributed by atoms with Crippen LogP contribution in [-0.4, -0.2) is 48.3 Å². The fraction of sp³-hybridized carbons (Fsp3) is 0.833. The predicted octanol–water partition coefficient (Wildman–Crippen LogP) is -1.26. The molecule has 0 aromatic carbocycles. The zero-order valence-corrected chi connectivity index (χ0v) is 7.38. The molecule has 0 aliphatic carbocycles. The van der Waals surface area contributed by atoms with Crippen LogP contribution in [0, 0.1) is 0 Å². The van der Waals surface area contributed by atoms with Gasteiger partial charge in [-0.25, -0.2) is 0 Å². The van der Waals surface area contributed by atoms with E-state index < -0.39 is 6.10 Å². The Labute approximate surface area is 76.8 Å². The summed E-state index contributed by atoms with van der Waals surface area (Å²) >= 11 is 0. The van der Waals surface area contributed by atoms with Crippen molar-refractivity contribution in [3.05, 3.63) is 0 Å². The smallest absolute Gasteiger partial charge is 0.145 e. The highest BCUT2D eigenvalue weighted by atomic mass is 35.5. The summed E-state index contributed by atoms with van der Waals surface area (Å²) in [6, 6.07) is 0. The van der Waals surface area contributed by atoms with Crippen molar-refractivity contribution in [1.82, 2.24) is 5.32 Å². The molecule has 0 radical (unpaired) electrons. The zero-order valence-electron chi connectivity index (χ0n) is 6.56. The van der Waals surface area contributed by atoms with Crippen LogP contribution in [-0.2, 0) is 4.84 Å². The lowest BCUT2D eigenvalue weighted by Crippen LogP contribution is -2.42. The monoisotopic (exact) mass is 196 g/mol. The van der Waals surface area contributed by atoms with Gasteiger partial charge in [0.05, 0.1) is 12.3 Å². The topological polar surface area (TPSA) is 74.1 Å². The number of nitrogens with one attached hydrogen (secondary N) is 1. The minimum absolute atomic E-state index is 0. The Hall–Kier alpha value is -0.360. The van der Waals surface area contributed by atoms with E-state index in [4.69, 9.17) is 15.1 Å². The molecule has 0 bridgehead atoms. The number of halogens is 1. The molecule has 1 heterocycles. The van der Waals surface area contributed by atoms with E-state index in [0.29, 0.717) is 0 Å². The first-order valence-electron chi connectivity index (χ1n) is 3.50. The molecule has 1 aliphatic heterocycles. The van der Waals surface area contributed by atoms with E-state index in [2.05, 4.69) is 10.5 Å². The number of rotatable bonds is 4. The minimum atomic E-state index is -0.826. The number of hydrogen-bond donors (Lipinski definition) is 3. The average Bonchev–Trinajstić information content (AvgIpc) is 1.94. The van der Waals surface area contributed by atoms with Crippen molar-refractivity contribution in [2.75, 3.05) is 26.3 Å². The third-order valence-electron chi connectivity index (χ3n) is 1.33. The van der Waals surface area contributed by atoms with E-state index in [1.54, 1.807) is 0 Å². The van der Waals surface area contributed by atoms with Crippen LogP contribution in [0.5, 0.6) is 0 Å². The highest BCUT2D eigenvalue weighted by Gasteiger charge is 2.09. The molecule has 12 heavy (non-hydrogen) atoms. The highest BCUT2D eigenvalue weighted by molar-refractivity contribution is 5.92. The van der Waals surface area contributed by atoms with Gasteiger partial charge < -0.3 is 20.4 Å². The van der Waals surface area contributed by atoms with E-state index in [9.17, 15) is 0 Å². The molecule has 1 rings (SSSR count). The predicted molar refractivity (Wildman–Crippen MR) is 46.6 cm³/mol. The number of nitrogens with zero attached hydrogens (tertiary/aromatic N) is 1. The van der Waals surface area contributed by atoms with Gasteiger partial charge in [0.2, 0.25) is 0 Å². The molecule has 1 saturated heterocycles. The van der Waals surface area contributed by atoms with Crippen LogP contribution < -0.4 is 5.32 Å². The lowest BCUT2D eigenvalue weighted by atomic mass is 10.2.